The molecular formula is C27H36N8O2. The first-order valence-corrected chi connectivity index (χ1v) is 12.6. The normalized spacial score (nSPS) is 15.6. The van der Waals surface area contributed by atoms with Crippen LogP contribution in [0.3, 0.4) is 0 Å². The maximum atomic E-state index is 11.7. The first kappa shape index (κ1) is 26.2. The summed E-state index contributed by atoms with van der Waals surface area (Å²) >= 11 is 0. The number of primary amides is 1. The number of rotatable bonds is 10. The number of hydrogen-bond donors (Lipinski definition) is 4. The number of nitrogens with two attached hydrogens (primary N) is 1. The molecule has 1 aliphatic rings. The van der Waals surface area contributed by atoms with Crippen LogP contribution in [0.25, 0.3) is 0 Å². The second-order valence-corrected chi connectivity index (χ2v) is 10.1. The van der Waals surface area contributed by atoms with Crippen LogP contribution >= 0.6 is 0 Å². The van der Waals surface area contributed by atoms with Crippen LogP contribution < -0.4 is 21.3 Å². The fraction of sp³-hybridized carbons (Fsp3) is 0.407. The summed E-state index contributed by atoms with van der Waals surface area (Å²) in [5.74, 6) is 1.69. The number of aryl methyl sites for hydroxylation is 1. The van der Waals surface area contributed by atoms with Crippen LogP contribution in [0.1, 0.15) is 41.8 Å². The number of phenols is 1. The van der Waals surface area contributed by atoms with E-state index in [9.17, 15) is 9.90 Å². The van der Waals surface area contributed by atoms with Gasteiger partial charge in [-0.3, -0.25) is 9.69 Å². The van der Waals surface area contributed by atoms with Gasteiger partial charge in [0.2, 0.25) is 23.8 Å². The molecular weight excluding hydrogens is 468 g/mol. The van der Waals surface area contributed by atoms with Gasteiger partial charge in [-0.05, 0) is 54.7 Å². The lowest BCUT2D eigenvalue weighted by molar-refractivity contribution is 0.100. The maximum Gasteiger partial charge on any atom is 0.248 e. The van der Waals surface area contributed by atoms with Crippen molar-refractivity contribution in [3.63, 3.8) is 0 Å². The molecule has 0 aliphatic carbocycles. The third kappa shape index (κ3) is 7.07. The summed E-state index contributed by atoms with van der Waals surface area (Å²) in [5.41, 5.74) is 8.71. The minimum atomic E-state index is -0.489. The molecule has 0 bridgehead atoms. The Morgan fingerprint density at radius 2 is 1.89 bits per heavy atom. The molecule has 5 N–H and O–H groups in total. The third-order valence-corrected chi connectivity index (χ3v) is 6.32. The van der Waals surface area contributed by atoms with Crippen molar-refractivity contribution >= 4 is 29.4 Å². The summed E-state index contributed by atoms with van der Waals surface area (Å²) in [5, 5.41) is 16.3. The minimum Gasteiger partial charge on any atom is -0.508 e. The zero-order valence-corrected chi connectivity index (χ0v) is 21.9. The van der Waals surface area contributed by atoms with E-state index in [4.69, 9.17) is 10.7 Å². The quantitative estimate of drug-likeness (QED) is 0.327. The van der Waals surface area contributed by atoms with E-state index in [1.807, 2.05) is 37.1 Å². The van der Waals surface area contributed by atoms with Crippen LogP contribution in [-0.2, 0) is 6.54 Å². The smallest absolute Gasteiger partial charge is 0.248 e. The van der Waals surface area contributed by atoms with Crippen molar-refractivity contribution in [2.45, 2.75) is 39.8 Å². The van der Waals surface area contributed by atoms with Gasteiger partial charge in [0.25, 0.3) is 0 Å². The highest BCUT2D eigenvalue weighted by Crippen LogP contribution is 2.24. The van der Waals surface area contributed by atoms with Crippen molar-refractivity contribution in [1.82, 2.24) is 19.9 Å². The fourth-order valence-electron chi connectivity index (χ4n) is 4.45. The lowest BCUT2D eigenvalue weighted by atomic mass is 10.1. The van der Waals surface area contributed by atoms with Crippen LogP contribution in [0.5, 0.6) is 5.75 Å². The Labute approximate surface area is 217 Å². The molecule has 3 aromatic rings. The molecule has 1 fully saturated rings. The molecule has 0 spiro atoms. The number of nitrogens with one attached hydrogen (secondary N) is 2. The molecule has 10 nitrogen and oxygen atoms in total. The van der Waals surface area contributed by atoms with Gasteiger partial charge in [-0.2, -0.15) is 15.0 Å². The van der Waals surface area contributed by atoms with Crippen molar-refractivity contribution in [2.75, 3.05) is 42.2 Å². The maximum absolute atomic E-state index is 11.7. The van der Waals surface area contributed by atoms with Crippen molar-refractivity contribution in [3.8, 4) is 5.75 Å². The molecule has 1 aliphatic heterocycles. The summed E-state index contributed by atoms with van der Waals surface area (Å²) < 4.78 is 0. The van der Waals surface area contributed by atoms with Crippen LogP contribution in [0, 0.1) is 12.8 Å². The Hall–Kier alpha value is -3.92. The Balaban J connectivity index is 1.52. The average molecular weight is 505 g/mol. The second-order valence-electron chi connectivity index (χ2n) is 10.1. The molecule has 1 atom stereocenters. The van der Waals surface area contributed by atoms with Crippen LogP contribution in [-0.4, -0.2) is 63.6 Å². The van der Waals surface area contributed by atoms with Gasteiger partial charge in [0.1, 0.15) is 5.75 Å². The predicted molar refractivity (Wildman–Crippen MR) is 146 cm³/mol. The van der Waals surface area contributed by atoms with Gasteiger partial charge in [0, 0.05) is 50.5 Å². The van der Waals surface area contributed by atoms with Gasteiger partial charge >= 0.3 is 0 Å². The zero-order chi connectivity index (χ0) is 26.5. The van der Waals surface area contributed by atoms with E-state index < -0.39 is 5.91 Å². The number of nitrogens with zero attached hydrogens (tertiary/aromatic N) is 5. The largest absolute Gasteiger partial charge is 0.508 e. The molecule has 196 valence electrons. The molecule has 2 aromatic carbocycles. The molecule has 1 amide bonds. The monoisotopic (exact) mass is 504 g/mol. The standard InChI is InChI=1S/C27H36N8O2/c1-17(2)14-34(4)27-32-25(29-21-11-12-35(16-21)15-19-6-9-22(36)10-7-19)31-26(33-27)30-23-13-20(24(28)37)8-5-18(23)3/h5-10,13,17,21,36H,11-12,14-16H2,1-4H3,(H2,28,37)(H2,29,30,31,32,33). The Kier molecular flexibility index (Phi) is 8.08. The van der Waals surface area contributed by atoms with E-state index in [2.05, 4.69) is 39.3 Å². The third-order valence-electron chi connectivity index (χ3n) is 6.32. The highest BCUT2D eigenvalue weighted by molar-refractivity contribution is 5.94. The Morgan fingerprint density at radius 3 is 2.59 bits per heavy atom. The number of hydrogen-bond acceptors (Lipinski definition) is 9. The minimum absolute atomic E-state index is 0.190. The van der Waals surface area contributed by atoms with Crippen molar-refractivity contribution in [3.05, 3.63) is 59.2 Å². The van der Waals surface area contributed by atoms with Gasteiger partial charge < -0.3 is 26.4 Å². The Morgan fingerprint density at radius 1 is 1.16 bits per heavy atom. The molecule has 2 heterocycles. The van der Waals surface area contributed by atoms with E-state index >= 15 is 0 Å². The van der Waals surface area contributed by atoms with Crippen molar-refractivity contribution in [1.29, 1.82) is 0 Å². The van der Waals surface area contributed by atoms with Gasteiger partial charge in [-0.1, -0.05) is 32.0 Å². The van der Waals surface area contributed by atoms with Crippen molar-refractivity contribution < 1.29 is 9.90 Å². The highest BCUT2D eigenvalue weighted by atomic mass is 16.3. The number of carbonyl (C=O) groups is 1. The molecule has 0 saturated carbocycles. The summed E-state index contributed by atoms with van der Waals surface area (Å²) in [4.78, 5) is 30.1. The van der Waals surface area contributed by atoms with E-state index in [0.29, 0.717) is 35.0 Å². The van der Waals surface area contributed by atoms with Gasteiger partial charge in [0.05, 0.1) is 0 Å². The van der Waals surface area contributed by atoms with Gasteiger partial charge in [0.15, 0.2) is 0 Å². The molecule has 0 radical (unpaired) electrons. The second kappa shape index (κ2) is 11.4. The van der Waals surface area contributed by atoms with Crippen LogP contribution in [0.15, 0.2) is 42.5 Å². The Bertz CT molecular complexity index is 1230. The van der Waals surface area contributed by atoms with Crippen LogP contribution in [0.2, 0.25) is 0 Å². The number of phenolic OH excluding ortho intramolecular Hbond substituents is 1. The summed E-state index contributed by atoms with van der Waals surface area (Å²) in [6.07, 6.45) is 0.962. The number of amides is 1. The lowest BCUT2D eigenvalue weighted by Gasteiger charge is -2.22. The average Bonchev–Trinajstić information content (AvgIpc) is 3.27. The molecule has 1 unspecified atom stereocenters. The van der Waals surface area contributed by atoms with Gasteiger partial charge in [-0.25, -0.2) is 0 Å². The number of aromatic hydroxyl groups is 1. The molecule has 4 rings (SSSR count). The fourth-order valence-corrected chi connectivity index (χ4v) is 4.45. The molecule has 1 saturated heterocycles. The first-order valence-electron chi connectivity index (χ1n) is 12.6. The number of aromatic nitrogens is 3. The SMILES string of the molecule is Cc1ccc(C(N)=O)cc1Nc1nc(NC2CCN(Cc3ccc(O)cc3)C2)nc(N(C)CC(C)C)n1. The molecule has 1 aromatic heterocycles. The summed E-state index contributed by atoms with van der Waals surface area (Å²) in [6, 6.07) is 12.8. The van der Waals surface area contributed by atoms with Gasteiger partial charge in [-0.15, -0.1) is 0 Å². The summed E-state index contributed by atoms with van der Waals surface area (Å²) in [6.45, 7) is 9.66. The number of carbonyl (C=O) groups excluding carboxylic acids is 1. The van der Waals surface area contributed by atoms with E-state index in [1.54, 1.807) is 24.3 Å². The van der Waals surface area contributed by atoms with E-state index in [-0.39, 0.29) is 11.8 Å². The number of anilines is 4. The van der Waals surface area contributed by atoms with E-state index in [0.717, 1.165) is 43.7 Å². The molecule has 37 heavy (non-hydrogen) atoms. The summed E-state index contributed by atoms with van der Waals surface area (Å²) in [7, 11) is 1.97. The topological polar surface area (TPSA) is 133 Å². The molecule has 10 heteroatoms. The van der Waals surface area contributed by atoms with Crippen molar-refractivity contribution in [2.24, 2.45) is 11.7 Å². The number of benzene rings is 2. The first-order chi connectivity index (χ1) is 17.7. The zero-order valence-electron chi connectivity index (χ0n) is 21.9. The highest BCUT2D eigenvalue weighted by Gasteiger charge is 2.24. The predicted octanol–water partition coefficient (Wildman–Crippen LogP) is 3.51. The van der Waals surface area contributed by atoms with E-state index in [1.165, 1.54) is 0 Å². The van der Waals surface area contributed by atoms with Crippen LogP contribution in [0.4, 0.5) is 23.5 Å². The lowest BCUT2D eigenvalue weighted by Crippen LogP contribution is -2.28. The number of likely N-dealkylation sites (tertiary alicyclic amines) is 1.